The first kappa shape index (κ1) is 25.7. The first-order valence-corrected chi connectivity index (χ1v) is 10.2. The van der Waals surface area contributed by atoms with E-state index in [1.165, 1.54) is 19.3 Å². The molecule has 1 saturated carbocycles. The van der Waals surface area contributed by atoms with Gasteiger partial charge in [0.15, 0.2) is 0 Å². The molecule has 2 amide bonds. The molecule has 2 fully saturated rings. The van der Waals surface area contributed by atoms with Crippen LogP contribution in [0.25, 0.3) is 0 Å². The van der Waals surface area contributed by atoms with E-state index in [4.69, 9.17) is 5.73 Å². The van der Waals surface area contributed by atoms with Crippen LogP contribution in [0, 0.1) is 0 Å². The summed E-state index contributed by atoms with van der Waals surface area (Å²) in [5.74, 6) is 0.213. The molecule has 1 aromatic rings. The van der Waals surface area contributed by atoms with Crippen LogP contribution in [-0.2, 0) is 9.59 Å². The highest BCUT2D eigenvalue weighted by molar-refractivity contribution is 5.85. The maximum atomic E-state index is 12.5. The Morgan fingerprint density at radius 3 is 2.24 bits per heavy atom. The summed E-state index contributed by atoms with van der Waals surface area (Å²) < 4.78 is 0. The minimum Gasteiger partial charge on any atom is -0.352 e. The maximum Gasteiger partial charge on any atom is 0.234 e. The van der Waals surface area contributed by atoms with E-state index in [2.05, 4.69) is 10.2 Å². The summed E-state index contributed by atoms with van der Waals surface area (Å²) in [6, 6.07) is 9.84. The van der Waals surface area contributed by atoms with E-state index in [9.17, 15) is 9.59 Å². The lowest BCUT2D eigenvalue weighted by molar-refractivity contribution is -0.133. The van der Waals surface area contributed by atoms with Gasteiger partial charge < -0.3 is 16.0 Å². The third-order valence-electron chi connectivity index (χ3n) is 5.68. The molecular formula is C21H34Cl2N4O2. The van der Waals surface area contributed by atoms with Gasteiger partial charge in [0, 0.05) is 44.7 Å². The van der Waals surface area contributed by atoms with Crippen molar-refractivity contribution in [2.24, 2.45) is 5.73 Å². The topological polar surface area (TPSA) is 78.7 Å². The van der Waals surface area contributed by atoms with Crippen LogP contribution in [0.3, 0.4) is 0 Å². The molecule has 1 aliphatic carbocycles. The van der Waals surface area contributed by atoms with Crippen molar-refractivity contribution in [3.05, 3.63) is 35.9 Å². The predicted molar refractivity (Wildman–Crippen MR) is 121 cm³/mol. The minimum atomic E-state index is -0.266. The van der Waals surface area contributed by atoms with Gasteiger partial charge in [-0.25, -0.2) is 0 Å². The van der Waals surface area contributed by atoms with Gasteiger partial charge in [-0.05, 0) is 18.4 Å². The molecule has 3 rings (SSSR count). The Hall–Kier alpha value is -1.34. The van der Waals surface area contributed by atoms with Crippen LogP contribution < -0.4 is 11.1 Å². The Kier molecular flexibility index (Phi) is 11.6. The van der Waals surface area contributed by atoms with Crippen LogP contribution in [0.15, 0.2) is 30.3 Å². The molecular weight excluding hydrogens is 411 g/mol. The van der Waals surface area contributed by atoms with Crippen molar-refractivity contribution in [2.45, 2.75) is 50.6 Å². The molecule has 164 valence electrons. The lowest BCUT2D eigenvalue weighted by Crippen LogP contribution is -2.52. The number of benzene rings is 1. The molecule has 1 aromatic carbocycles. The molecule has 2 aliphatic rings. The molecule has 3 N–H and O–H groups in total. The molecule has 0 spiro atoms. The van der Waals surface area contributed by atoms with Crippen molar-refractivity contribution in [3.63, 3.8) is 0 Å². The van der Waals surface area contributed by atoms with Gasteiger partial charge in [-0.1, -0.05) is 49.6 Å². The predicted octanol–water partition coefficient (Wildman–Crippen LogP) is 2.51. The lowest BCUT2D eigenvalue weighted by atomic mass is 9.95. The van der Waals surface area contributed by atoms with Crippen LogP contribution in [0.5, 0.6) is 0 Å². The van der Waals surface area contributed by atoms with E-state index < -0.39 is 0 Å². The van der Waals surface area contributed by atoms with Gasteiger partial charge in [0.25, 0.3) is 0 Å². The highest BCUT2D eigenvalue weighted by atomic mass is 35.5. The van der Waals surface area contributed by atoms with Gasteiger partial charge in [-0.3, -0.25) is 14.5 Å². The van der Waals surface area contributed by atoms with Crippen molar-refractivity contribution in [2.75, 3.05) is 32.7 Å². The second-order valence-corrected chi connectivity index (χ2v) is 7.78. The van der Waals surface area contributed by atoms with Crippen molar-refractivity contribution >= 4 is 36.6 Å². The Morgan fingerprint density at radius 1 is 1.00 bits per heavy atom. The van der Waals surface area contributed by atoms with E-state index in [1.807, 2.05) is 35.2 Å². The number of amides is 2. The fourth-order valence-electron chi connectivity index (χ4n) is 4.01. The number of rotatable bonds is 6. The zero-order valence-corrected chi connectivity index (χ0v) is 18.6. The van der Waals surface area contributed by atoms with Crippen LogP contribution in [0.4, 0.5) is 0 Å². The van der Waals surface area contributed by atoms with Crippen molar-refractivity contribution in [1.29, 1.82) is 0 Å². The number of halogens is 2. The number of nitrogens with zero attached hydrogens (tertiary/aromatic N) is 2. The Labute approximate surface area is 186 Å². The fraction of sp³-hybridized carbons (Fsp3) is 0.619. The number of nitrogens with two attached hydrogens (primary N) is 1. The van der Waals surface area contributed by atoms with Crippen molar-refractivity contribution < 1.29 is 9.59 Å². The van der Waals surface area contributed by atoms with Gasteiger partial charge in [-0.15, -0.1) is 24.8 Å². The minimum absolute atomic E-state index is 0. The standard InChI is InChI=1S/C21H32N4O2.2ClH/c22-19(17-7-3-1-4-8-17)15-21(27)25-13-11-24(12-14-25)16-20(26)23-18-9-5-2-6-10-18;;/h1,3-4,7-8,18-19H,2,5-6,9-16,22H2,(H,23,26);2*1H. The third-order valence-corrected chi connectivity index (χ3v) is 5.68. The summed E-state index contributed by atoms with van der Waals surface area (Å²) in [6.45, 7) is 3.24. The molecule has 1 atom stereocenters. The van der Waals surface area contributed by atoms with E-state index in [-0.39, 0.29) is 42.7 Å². The largest absolute Gasteiger partial charge is 0.352 e. The number of piperazine rings is 1. The van der Waals surface area contributed by atoms with Crippen molar-refractivity contribution in [1.82, 2.24) is 15.1 Å². The number of nitrogens with one attached hydrogen (secondary N) is 1. The molecule has 1 unspecified atom stereocenters. The highest BCUT2D eigenvalue weighted by Crippen LogP contribution is 2.18. The second-order valence-electron chi connectivity index (χ2n) is 7.78. The molecule has 1 aliphatic heterocycles. The van der Waals surface area contributed by atoms with E-state index in [0.717, 1.165) is 31.5 Å². The summed E-state index contributed by atoms with van der Waals surface area (Å²) in [5.41, 5.74) is 7.16. The summed E-state index contributed by atoms with van der Waals surface area (Å²) in [7, 11) is 0. The summed E-state index contributed by atoms with van der Waals surface area (Å²) in [4.78, 5) is 28.8. The van der Waals surface area contributed by atoms with E-state index in [1.54, 1.807) is 0 Å². The summed E-state index contributed by atoms with van der Waals surface area (Å²) >= 11 is 0. The molecule has 29 heavy (non-hydrogen) atoms. The Balaban J connectivity index is 0.00000210. The molecule has 0 radical (unpaired) electrons. The highest BCUT2D eigenvalue weighted by Gasteiger charge is 2.24. The molecule has 0 bridgehead atoms. The van der Waals surface area contributed by atoms with Gasteiger partial charge in [0.1, 0.15) is 0 Å². The quantitative estimate of drug-likeness (QED) is 0.706. The zero-order chi connectivity index (χ0) is 19.1. The Bertz CT molecular complexity index is 618. The average Bonchev–Trinajstić information content (AvgIpc) is 2.70. The van der Waals surface area contributed by atoms with Gasteiger partial charge in [0.05, 0.1) is 6.54 Å². The lowest BCUT2D eigenvalue weighted by Gasteiger charge is -2.35. The molecule has 1 saturated heterocycles. The van der Waals surface area contributed by atoms with Crippen molar-refractivity contribution in [3.8, 4) is 0 Å². The SMILES string of the molecule is Cl.Cl.NC(CC(=O)N1CCN(CC(=O)NC2CCCCC2)CC1)c1ccccc1. The summed E-state index contributed by atoms with van der Waals surface area (Å²) in [5, 5.41) is 3.17. The third kappa shape index (κ3) is 8.13. The molecule has 6 nitrogen and oxygen atoms in total. The van der Waals surface area contributed by atoms with Gasteiger partial charge in [-0.2, -0.15) is 0 Å². The number of carbonyl (C=O) groups is 2. The summed E-state index contributed by atoms with van der Waals surface area (Å²) in [6.07, 6.45) is 6.27. The first-order chi connectivity index (χ1) is 13.1. The zero-order valence-electron chi connectivity index (χ0n) is 16.9. The maximum absolute atomic E-state index is 12.5. The number of carbonyl (C=O) groups excluding carboxylic acids is 2. The molecule has 8 heteroatoms. The smallest absolute Gasteiger partial charge is 0.234 e. The average molecular weight is 445 g/mol. The fourth-order valence-corrected chi connectivity index (χ4v) is 4.01. The normalized spacial score (nSPS) is 18.9. The number of hydrogen-bond donors (Lipinski definition) is 2. The number of hydrogen-bond acceptors (Lipinski definition) is 4. The van der Waals surface area contributed by atoms with E-state index in [0.29, 0.717) is 32.1 Å². The molecule has 1 heterocycles. The van der Waals surface area contributed by atoms with Crippen LogP contribution in [0.1, 0.15) is 50.1 Å². The monoisotopic (exact) mass is 444 g/mol. The second kappa shape index (κ2) is 13.1. The van der Waals surface area contributed by atoms with E-state index >= 15 is 0 Å². The first-order valence-electron chi connectivity index (χ1n) is 10.2. The van der Waals surface area contributed by atoms with Gasteiger partial charge >= 0.3 is 0 Å². The van der Waals surface area contributed by atoms with Crippen LogP contribution in [-0.4, -0.2) is 60.4 Å². The van der Waals surface area contributed by atoms with Gasteiger partial charge in [0.2, 0.25) is 11.8 Å². The van der Waals surface area contributed by atoms with Crippen LogP contribution in [0.2, 0.25) is 0 Å². The van der Waals surface area contributed by atoms with Crippen LogP contribution >= 0.6 is 24.8 Å². The molecule has 0 aromatic heterocycles. The Morgan fingerprint density at radius 2 is 1.62 bits per heavy atom.